The first-order chi connectivity index (χ1) is 9.65. The fraction of sp³-hybridized carbons (Fsp3) is 0.538. The van der Waals surface area contributed by atoms with E-state index in [4.69, 9.17) is 23.2 Å². The minimum Gasteiger partial charge on any atom is -0.367 e. The monoisotopic (exact) mass is 316 g/mol. The maximum atomic E-state index is 11.7. The predicted molar refractivity (Wildman–Crippen MR) is 81.4 cm³/mol. The fourth-order valence-corrected chi connectivity index (χ4v) is 2.60. The Morgan fingerprint density at radius 1 is 1.45 bits per heavy atom. The second kappa shape index (κ2) is 7.67. The number of pyridine rings is 1. The second-order valence-electron chi connectivity index (χ2n) is 4.76. The third-order valence-corrected chi connectivity index (χ3v) is 3.64. The van der Waals surface area contributed by atoms with Gasteiger partial charge in [-0.3, -0.25) is 4.79 Å². The normalized spacial score (nSPS) is 18.0. The lowest BCUT2D eigenvalue weighted by atomic mass is 10.1. The van der Waals surface area contributed by atoms with Crippen LogP contribution in [0.5, 0.6) is 0 Å². The van der Waals surface area contributed by atoms with Gasteiger partial charge in [0, 0.05) is 31.7 Å². The Kier molecular flexibility index (Phi) is 5.88. The van der Waals surface area contributed by atoms with Crippen LogP contribution in [0, 0.1) is 0 Å². The zero-order valence-electron chi connectivity index (χ0n) is 11.1. The standard InChI is InChI=1S/C13H18Cl2N4O/c14-9-6-11(15)13(19-8-9)18-5-4-17-12(20)7-10-2-1-3-16-10/h6,8,10,16H,1-5,7H2,(H,17,20)(H,18,19). The van der Waals surface area contributed by atoms with Gasteiger partial charge in [-0.25, -0.2) is 4.98 Å². The number of hydrogen-bond acceptors (Lipinski definition) is 4. The highest BCUT2D eigenvalue weighted by Gasteiger charge is 2.17. The van der Waals surface area contributed by atoms with Crippen LogP contribution in [0.3, 0.4) is 0 Å². The Labute approximate surface area is 128 Å². The molecule has 0 bridgehead atoms. The van der Waals surface area contributed by atoms with Crippen LogP contribution in [-0.4, -0.2) is 36.6 Å². The summed E-state index contributed by atoms with van der Waals surface area (Å²) in [5, 5.41) is 10.2. The number of anilines is 1. The number of amides is 1. The molecule has 1 unspecified atom stereocenters. The number of halogens is 2. The topological polar surface area (TPSA) is 66.1 Å². The lowest BCUT2D eigenvalue weighted by molar-refractivity contribution is -0.121. The first-order valence-electron chi connectivity index (χ1n) is 6.70. The summed E-state index contributed by atoms with van der Waals surface area (Å²) >= 11 is 11.7. The van der Waals surface area contributed by atoms with Crippen LogP contribution < -0.4 is 16.0 Å². The Morgan fingerprint density at radius 3 is 3.00 bits per heavy atom. The molecule has 0 saturated carbocycles. The van der Waals surface area contributed by atoms with Gasteiger partial charge in [0.15, 0.2) is 0 Å². The van der Waals surface area contributed by atoms with Gasteiger partial charge in [-0.2, -0.15) is 0 Å². The molecule has 2 rings (SSSR count). The van der Waals surface area contributed by atoms with Gasteiger partial charge in [-0.05, 0) is 25.5 Å². The molecule has 0 spiro atoms. The Hall–Kier alpha value is -1.04. The highest BCUT2D eigenvalue weighted by Crippen LogP contribution is 2.21. The molecular weight excluding hydrogens is 299 g/mol. The Bertz CT molecular complexity index is 464. The van der Waals surface area contributed by atoms with E-state index >= 15 is 0 Å². The maximum Gasteiger partial charge on any atom is 0.221 e. The molecule has 1 fully saturated rings. The van der Waals surface area contributed by atoms with Crippen LogP contribution in [0.4, 0.5) is 5.82 Å². The van der Waals surface area contributed by atoms with Gasteiger partial charge < -0.3 is 16.0 Å². The van der Waals surface area contributed by atoms with Crippen molar-refractivity contribution in [3.63, 3.8) is 0 Å². The van der Waals surface area contributed by atoms with E-state index < -0.39 is 0 Å². The van der Waals surface area contributed by atoms with E-state index in [9.17, 15) is 4.79 Å². The van der Waals surface area contributed by atoms with Gasteiger partial charge in [0.1, 0.15) is 5.82 Å². The molecule has 2 heterocycles. The minimum atomic E-state index is 0.0707. The van der Waals surface area contributed by atoms with Crippen LogP contribution in [0.15, 0.2) is 12.3 Å². The molecule has 5 nitrogen and oxygen atoms in total. The molecule has 110 valence electrons. The summed E-state index contributed by atoms with van der Waals surface area (Å²) in [6.07, 6.45) is 4.30. The Morgan fingerprint density at radius 2 is 2.30 bits per heavy atom. The summed E-state index contributed by atoms with van der Waals surface area (Å²) in [5.74, 6) is 0.643. The highest BCUT2D eigenvalue weighted by molar-refractivity contribution is 6.35. The number of nitrogens with one attached hydrogen (secondary N) is 3. The van der Waals surface area contributed by atoms with E-state index in [1.165, 1.54) is 6.20 Å². The van der Waals surface area contributed by atoms with Gasteiger partial charge in [0.05, 0.1) is 10.0 Å². The van der Waals surface area contributed by atoms with Crippen molar-refractivity contribution in [1.82, 2.24) is 15.6 Å². The van der Waals surface area contributed by atoms with Crippen molar-refractivity contribution < 1.29 is 4.79 Å². The first-order valence-corrected chi connectivity index (χ1v) is 7.46. The number of hydrogen-bond donors (Lipinski definition) is 3. The maximum absolute atomic E-state index is 11.7. The summed E-state index contributed by atoms with van der Waals surface area (Å²) < 4.78 is 0. The molecule has 1 amide bonds. The Balaban J connectivity index is 1.64. The van der Waals surface area contributed by atoms with Crippen LogP contribution in [-0.2, 0) is 4.79 Å². The summed E-state index contributed by atoms with van der Waals surface area (Å²) in [6, 6.07) is 1.96. The highest BCUT2D eigenvalue weighted by atomic mass is 35.5. The van der Waals surface area contributed by atoms with Crippen molar-refractivity contribution in [2.45, 2.75) is 25.3 Å². The van der Waals surface area contributed by atoms with Crippen molar-refractivity contribution in [3.8, 4) is 0 Å². The largest absolute Gasteiger partial charge is 0.367 e. The molecule has 1 saturated heterocycles. The van der Waals surface area contributed by atoms with Crippen LogP contribution >= 0.6 is 23.2 Å². The van der Waals surface area contributed by atoms with Crippen molar-refractivity contribution >= 4 is 34.9 Å². The summed E-state index contributed by atoms with van der Waals surface area (Å²) in [7, 11) is 0. The summed E-state index contributed by atoms with van der Waals surface area (Å²) in [4.78, 5) is 15.8. The third kappa shape index (κ3) is 4.81. The number of carbonyl (C=O) groups excluding carboxylic acids is 1. The zero-order chi connectivity index (χ0) is 14.4. The van der Waals surface area contributed by atoms with Crippen LogP contribution in [0.1, 0.15) is 19.3 Å². The van der Waals surface area contributed by atoms with E-state index in [1.54, 1.807) is 6.07 Å². The van der Waals surface area contributed by atoms with Crippen molar-refractivity contribution in [2.24, 2.45) is 0 Å². The van der Waals surface area contributed by atoms with Gasteiger partial charge in [0.2, 0.25) is 5.91 Å². The third-order valence-electron chi connectivity index (χ3n) is 3.14. The van der Waals surface area contributed by atoms with Gasteiger partial charge in [0.25, 0.3) is 0 Å². The molecule has 1 aliphatic heterocycles. The second-order valence-corrected chi connectivity index (χ2v) is 5.60. The van der Waals surface area contributed by atoms with E-state index in [1.807, 2.05) is 0 Å². The number of rotatable bonds is 6. The number of nitrogens with zero attached hydrogens (tertiary/aromatic N) is 1. The average Bonchev–Trinajstić information content (AvgIpc) is 2.89. The zero-order valence-corrected chi connectivity index (χ0v) is 12.6. The molecule has 20 heavy (non-hydrogen) atoms. The molecule has 1 aromatic rings. The average molecular weight is 317 g/mol. The van der Waals surface area contributed by atoms with Gasteiger partial charge in [-0.15, -0.1) is 0 Å². The minimum absolute atomic E-state index is 0.0707. The van der Waals surface area contributed by atoms with Crippen LogP contribution in [0.2, 0.25) is 10.0 Å². The predicted octanol–water partition coefficient (Wildman–Crippen LogP) is 2.06. The quantitative estimate of drug-likeness (QED) is 0.703. The van der Waals surface area contributed by atoms with Crippen LogP contribution in [0.25, 0.3) is 0 Å². The van der Waals surface area contributed by atoms with Gasteiger partial charge in [-0.1, -0.05) is 23.2 Å². The van der Waals surface area contributed by atoms with Crippen molar-refractivity contribution in [1.29, 1.82) is 0 Å². The molecule has 1 aromatic heterocycles. The number of carbonyl (C=O) groups is 1. The van der Waals surface area contributed by atoms with E-state index in [2.05, 4.69) is 20.9 Å². The van der Waals surface area contributed by atoms with Crippen molar-refractivity contribution in [2.75, 3.05) is 25.0 Å². The molecule has 0 aromatic carbocycles. The molecule has 0 aliphatic carbocycles. The lowest BCUT2D eigenvalue weighted by Gasteiger charge is -2.11. The molecular formula is C13H18Cl2N4O. The first kappa shape index (κ1) is 15.4. The SMILES string of the molecule is O=C(CC1CCCN1)NCCNc1ncc(Cl)cc1Cl. The van der Waals surface area contributed by atoms with E-state index in [0.717, 1.165) is 19.4 Å². The molecule has 0 radical (unpaired) electrons. The smallest absolute Gasteiger partial charge is 0.221 e. The molecule has 3 N–H and O–H groups in total. The lowest BCUT2D eigenvalue weighted by Crippen LogP contribution is -2.34. The fourth-order valence-electron chi connectivity index (χ4n) is 2.15. The van der Waals surface area contributed by atoms with Crippen molar-refractivity contribution in [3.05, 3.63) is 22.3 Å². The molecule has 7 heteroatoms. The van der Waals surface area contributed by atoms with Gasteiger partial charge >= 0.3 is 0 Å². The van der Waals surface area contributed by atoms with E-state index in [0.29, 0.717) is 41.4 Å². The molecule has 1 atom stereocenters. The van der Waals surface area contributed by atoms with E-state index in [-0.39, 0.29) is 5.91 Å². The summed E-state index contributed by atoms with van der Waals surface area (Å²) in [6.45, 7) is 2.12. The molecule has 1 aliphatic rings. The summed E-state index contributed by atoms with van der Waals surface area (Å²) in [5.41, 5.74) is 0. The number of aromatic nitrogens is 1.